The third-order valence-corrected chi connectivity index (χ3v) is 3.67. The predicted octanol–water partition coefficient (Wildman–Crippen LogP) is 4.40. The van der Waals surface area contributed by atoms with Gasteiger partial charge in [-0.05, 0) is 44.0 Å². The number of methoxy groups -OCH3 is 1. The van der Waals surface area contributed by atoms with Gasteiger partial charge in [-0.2, -0.15) is 0 Å². The third kappa shape index (κ3) is 3.85. The van der Waals surface area contributed by atoms with Gasteiger partial charge >= 0.3 is 0 Å². The smallest absolute Gasteiger partial charge is 0.124 e. The fourth-order valence-electron chi connectivity index (χ4n) is 2.60. The summed E-state index contributed by atoms with van der Waals surface area (Å²) in [5.41, 5.74) is 4.98. The first-order chi connectivity index (χ1) is 10.2. The van der Waals surface area contributed by atoms with Crippen molar-refractivity contribution in [2.45, 2.75) is 33.2 Å². The van der Waals surface area contributed by atoms with Crippen LogP contribution >= 0.6 is 0 Å². The topological polar surface area (TPSA) is 21.3 Å². The molecule has 2 heteroatoms. The molecule has 0 fully saturated rings. The molecule has 0 spiro atoms. The van der Waals surface area contributed by atoms with Crippen molar-refractivity contribution >= 4 is 0 Å². The largest absolute Gasteiger partial charge is 0.496 e. The molecule has 0 saturated heterocycles. The predicted molar refractivity (Wildman–Crippen MR) is 89.0 cm³/mol. The summed E-state index contributed by atoms with van der Waals surface area (Å²) in [6.07, 6.45) is 1.11. The van der Waals surface area contributed by atoms with E-state index in [-0.39, 0.29) is 6.04 Å². The van der Waals surface area contributed by atoms with Gasteiger partial charge in [-0.1, -0.05) is 48.9 Å². The standard InChI is InChI=1S/C19H25NO/c1-5-11-20-19(16-8-6-7-14(2)12-16)17-10-9-15(3)13-18(17)21-4/h6-10,12-13,19-20H,5,11H2,1-4H3. The van der Waals surface area contributed by atoms with Crippen molar-refractivity contribution < 1.29 is 4.74 Å². The number of aryl methyl sites for hydroxylation is 2. The lowest BCUT2D eigenvalue weighted by Crippen LogP contribution is -2.23. The quantitative estimate of drug-likeness (QED) is 0.848. The summed E-state index contributed by atoms with van der Waals surface area (Å²) in [4.78, 5) is 0. The molecule has 0 saturated carbocycles. The number of nitrogens with one attached hydrogen (secondary N) is 1. The molecule has 21 heavy (non-hydrogen) atoms. The molecule has 2 aromatic carbocycles. The van der Waals surface area contributed by atoms with Crippen LogP contribution in [0.5, 0.6) is 5.75 Å². The zero-order valence-corrected chi connectivity index (χ0v) is 13.4. The monoisotopic (exact) mass is 283 g/mol. The lowest BCUT2D eigenvalue weighted by molar-refractivity contribution is 0.403. The average Bonchev–Trinajstić information content (AvgIpc) is 2.49. The van der Waals surface area contributed by atoms with E-state index in [2.05, 4.69) is 68.6 Å². The summed E-state index contributed by atoms with van der Waals surface area (Å²) in [7, 11) is 1.74. The lowest BCUT2D eigenvalue weighted by atomic mass is 9.95. The molecule has 112 valence electrons. The van der Waals surface area contributed by atoms with E-state index in [0.29, 0.717) is 0 Å². The van der Waals surface area contributed by atoms with Crippen LogP contribution in [-0.4, -0.2) is 13.7 Å². The van der Waals surface area contributed by atoms with E-state index in [9.17, 15) is 0 Å². The Balaban J connectivity index is 2.45. The van der Waals surface area contributed by atoms with Crippen LogP contribution in [0.15, 0.2) is 42.5 Å². The average molecular weight is 283 g/mol. The number of ether oxygens (including phenoxy) is 1. The normalized spacial score (nSPS) is 12.2. The van der Waals surface area contributed by atoms with Gasteiger partial charge < -0.3 is 10.1 Å². The van der Waals surface area contributed by atoms with E-state index < -0.39 is 0 Å². The van der Waals surface area contributed by atoms with Crippen LogP contribution in [-0.2, 0) is 0 Å². The molecule has 0 radical (unpaired) electrons. The third-order valence-electron chi connectivity index (χ3n) is 3.67. The van der Waals surface area contributed by atoms with Gasteiger partial charge in [0.25, 0.3) is 0 Å². The Morgan fingerprint density at radius 1 is 1.05 bits per heavy atom. The van der Waals surface area contributed by atoms with Crippen molar-refractivity contribution in [3.63, 3.8) is 0 Å². The first-order valence-electron chi connectivity index (χ1n) is 7.60. The molecule has 2 rings (SSSR count). The Bertz CT molecular complexity index is 592. The van der Waals surface area contributed by atoms with Crippen LogP contribution < -0.4 is 10.1 Å². The summed E-state index contributed by atoms with van der Waals surface area (Å²) in [5, 5.41) is 3.64. The maximum absolute atomic E-state index is 5.60. The highest BCUT2D eigenvalue weighted by Crippen LogP contribution is 2.31. The van der Waals surface area contributed by atoms with Crippen LogP contribution in [0.25, 0.3) is 0 Å². The summed E-state index contributed by atoms with van der Waals surface area (Å²) >= 11 is 0. The molecular weight excluding hydrogens is 258 g/mol. The molecule has 0 aromatic heterocycles. The highest BCUT2D eigenvalue weighted by molar-refractivity contribution is 5.44. The van der Waals surface area contributed by atoms with Crippen molar-refractivity contribution in [2.75, 3.05) is 13.7 Å². The van der Waals surface area contributed by atoms with E-state index >= 15 is 0 Å². The Kier molecular flexibility index (Phi) is 5.40. The minimum Gasteiger partial charge on any atom is -0.496 e. The Morgan fingerprint density at radius 3 is 2.48 bits per heavy atom. The molecule has 1 atom stereocenters. The summed E-state index contributed by atoms with van der Waals surface area (Å²) in [5.74, 6) is 0.949. The van der Waals surface area contributed by atoms with Gasteiger partial charge in [0, 0.05) is 5.56 Å². The highest BCUT2D eigenvalue weighted by Gasteiger charge is 2.17. The molecule has 1 unspecified atom stereocenters. The minimum atomic E-state index is 0.167. The fraction of sp³-hybridized carbons (Fsp3) is 0.368. The number of rotatable bonds is 6. The molecule has 0 aliphatic heterocycles. The van der Waals surface area contributed by atoms with Crippen LogP contribution in [0, 0.1) is 13.8 Å². The number of hydrogen-bond donors (Lipinski definition) is 1. The molecule has 0 aliphatic rings. The second-order valence-corrected chi connectivity index (χ2v) is 5.55. The van der Waals surface area contributed by atoms with Gasteiger partial charge in [-0.3, -0.25) is 0 Å². The van der Waals surface area contributed by atoms with E-state index in [1.807, 2.05) is 0 Å². The van der Waals surface area contributed by atoms with Crippen molar-refractivity contribution in [1.82, 2.24) is 5.32 Å². The molecule has 2 nitrogen and oxygen atoms in total. The molecule has 1 N–H and O–H groups in total. The second-order valence-electron chi connectivity index (χ2n) is 5.55. The van der Waals surface area contributed by atoms with Gasteiger partial charge in [0.15, 0.2) is 0 Å². The molecule has 0 bridgehead atoms. The number of benzene rings is 2. The zero-order chi connectivity index (χ0) is 15.2. The summed E-state index contributed by atoms with van der Waals surface area (Å²) in [6.45, 7) is 7.39. The fourth-order valence-corrected chi connectivity index (χ4v) is 2.60. The Labute approximate surface area is 128 Å². The maximum Gasteiger partial charge on any atom is 0.124 e. The first kappa shape index (κ1) is 15.6. The van der Waals surface area contributed by atoms with Gasteiger partial charge in [0.05, 0.1) is 13.2 Å². The Hall–Kier alpha value is -1.80. The maximum atomic E-state index is 5.60. The first-order valence-corrected chi connectivity index (χ1v) is 7.60. The van der Waals surface area contributed by atoms with E-state index in [4.69, 9.17) is 4.74 Å². The van der Waals surface area contributed by atoms with Crippen LogP contribution in [0.2, 0.25) is 0 Å². The number of hydrogen-bond acceptors (Lipinski definition) is 2. The molecular formula is C19H25NO. The van der Waals surface area contributed by atoms with E-state index in [0.717, 1.165) is 18.7 Å². The van der Waals surface area contributed by atoms with E-state index in [1.165, 1.54) is 22.3 Å². The van der Waals surface area contributed by atoms with Crippen LogP contribution in [0.1, 0.15) is 41.6 Å². The molecule has 0 aliphatic carbocycles. The highest BCUT2D eigenvalue weighted by atomic mass is 16.5. The molecule has 0 amide bonds. The van der Waals surface area contributed by atoms with Crippen molar-refractivity contribution in [3.8, 4) is 5.75 Å². The SMILES string of the molecule is CCCNC(c1cccc(C)c1)c1ccc(C)cc1OC. The van der Waals surface area contributed by atoms with Gasteiger partial charge in [-0.15, -0.1) is 0 Å². The van der Waals surface area contributed by atoms with Gasteiger partial charge in [0.1, 0.15) is 5.75 Å². The Morgan fingerprint density at radius 2 is 1.81 bits per heavy atom. The van der Waals surface area contributed by atoms with E-state index in [1.54, 1.807) is 7.11 Å². The van der Waals surface area contributed by atoms with Crippen LogP contribution in [0.3, 0.4) is 0 Å². The molecule has 0 heterocycles. The van der Waals surface area contributed by atoms with Gasteiger partial charge in [-0.25, -0.2) is 0 Å². The lowest BCUT2D eigenvalue weighted by Gasteiger charge is -2.22. The van der Waals surface area contributed by atoms with Crippen LogP contribution in [0.4, 0.5) is 0 Å². The minimum absolute atomic E-state index is 0.167. The summed E-state index contributed by atoms with van der Waals surface area (Å²) in [6, 6.07) is 15.3. The van der Waals surface area contributed by atoms with Crippen molar-refractivity contribution in [2.24, 2.45) is 0 Å². The van der Waals surface area contributed by atoms with Crippen molar-refractivity contribution in [1.29, 1.82) is 0 Å². The summed E-state index contributed by atoms with van der Waals surface area (Å²) < 4.78 is 5.60. The van der Waals surface area contributed by atoms with Gasteiger partial charge in [0.2, 0.25) is 0 Å². The second kappa shape index (κ2) is 7.28. The van der Waals surface area contributed by atoms with Crippen molar-refractivity contribution in [3.05, 3.63) is 64.7 Å². The molecule has 2 aromatic rings. The zero-order valence-electron chi connectivity index (χ0n) is 13.4.